The molecule has 122 valence electrons. The Morgan fingerprint density at radius 1 is 1.50 bits per heavy atom. The van der Waals surface area contributed by atoms with Crippen LogP contribution in [0.2, 0.25) is 0 Å². The molecule has 1 aromatic rings. The lowest BCUT2D eigenvalue weighted by molar-refractivity contribution is -0.131. The molecule has 1 aromatic carbocycles. The summed E-state index contributed by atoms with van der Waals surface area (Å²) in [6, 6.07) is 6.29. The van der Waals surface area contributed by atoms with Gasteiger partial charge >= 0.3 is 0 Å². The second-order valence-electron chi connectivity index (χ2n) is 5.01. The molecule has 1 aliphatic heterocycles. The third-order valence-corrected chi connectivity index (χ3v) is 5.65. The number of sulfonamides is 1. The standard InChI is InChI=1S/C14H18BrNO5S/c1-10(21-9-11-5-4-8-20-11)14(17)16-22(18,19)13-7-3-2-6-12(13)15/h2-3,6-7,10-11H,4-5,8-9H2,1H3,(H,16,17)/t10-,11-/m0/s1. The molecule has 0 aliphatic carbocycles. The Morgan fingerprint density at radius 3 is 2.86 bits per heavy atom. The molecule has 1 N–H and O–H groups in total. The van der Waals surface area contributed by atoms with E-state index < -0.39 is 22.0 Å². The number of carbonyl (C=O) groups excluding carboxylic acids is 1. The molecule has 8 heteroatoms. The van der Waals surface area contributed by atoms with Crippen LogP contribution in [0.3, 0.4) is 0 Å². The maximum atomic E-state index is 12.2. The van der Waals surface area contributed by atoms with Crippen molar-refractivity contribution < 1.29 is 22.7 Å². The summed E-state index contributed by atoms with van der Waals surface area (Å²) >= 11 is 3.16. The first-order valence-corrected chi connectivity index (χ1v) is 9.22. The van der Waals surface area contributed by atoms with Crippen LogP contribution in [0, 0.1) is 0 Å². The highest BCUT2D eigenvalue weighted by atomic mass is 79.9. The third-order valence-electron chi connectivity index (χ3n) is 3.29. The van der Waals surface area contributed by atoms with Crippen LogP contribution in [0.25, 0.3) is 0 Å². The number of hydrogen-bond acceptors (Lipinski definition) is 5. The SMILES string of the molecule is C[C@H](OC[C@@H]1CCCO1)C(=O)NS(=O)(=O)c1ccccc1Br. The fraction of sp³-hybridized carbons (Fsp3) is 0.500. The van der Waals surface area contributed by atoms with Gasteiger partial charge in [-0.05, 0) is 47.8 Å². The molecule has 6 nitrogen and oxygen atoms in total. The molecule has 2 atom stereocenters. The number of hydrogen-bond donors (Lipinski definition) is 1. The highest BCUT2D eigenvalue weighted by molar-refractivity contribution is 9.10. The molecule has 1 fully saturated rings. The number of nitrogens with one attached hydrogen (secondary N) is 1. The second kappa shape index (κ2) is 7.54. The van der Waals surface area contributed by atoms with Crippen LogP contribution >= 0.6 is 15.9 Å². The van der Waals surface area contributed by atoms with Crippen molar-refractivity contribution in [3.8, 4) is 0 Å². The first kappa shape index (κ1) is 17.4. The van der Waals surface area contributed by atoms with Gasteiger partial charge in [-0.3, -0.25) is 4.79 Å². The van der Waals surface area contributed by atoms with E-state index in [0.29, 0.717) is 11.1 Å². The van der Waals surface area contributed by atoms with Crippen molar-refractivity contribution in [2.75, 3.05) is 13.2 Å². The average Bonchev–Trinajstić information content (AvgIpc) is 2.97. The molecule has 0 bridgehead atoms. The quantitative estimate of drug-likeness (QED) is 0.799. The lowest BCUT2D eigenvalue weighted by Crippen LogP contribution is -2.39. The lowest BCUT2D eigenvalue weighted by atomic mass is 10.2. The fourth-order valence-corrected chi connectivity index (χ4v) is 4.08. The smallest absolute Gasteiger partial charge is 0.265 e. The van der Waals surface area contributed by atoms with Crippen LogP contribution in [-0.4, -0.2) is 39.7 Å². The van der Waals surface area contributed by atoms with Gasteiger partial charge in [0.1, 0.15) is 11.0 Å². The van der Waals surface area contributed by atoms with E-state index in [0.717, 1.165) is 12.8 Å². The number of rotatable bonds is 6. The summed E-state index contributed by atoms with van der Waals surface area (Å²) in [6.07, 6.45) is 0.978. The van der Waals surface area contributed by atoms with Crippen LogP contribution in [-0.2, 0) is 24.3 Å². The van der Waals surface area contributed by atoms with Crippen molar-refractivity contribution in [1.29, 1.82) is 0 Å². The molecule has 1 saturated heterocycles. The van der Waals surface area contributed by atoms with E-state index in [4.69, 9.17) is 9.47 Å². The number of carbonyl (C=O) groups is 1. The fourth-order valence-electron chi connectivity index (χ4n) is 2.04. The maximum Gasteiger partial charge on any atom is 0.265 e. The molecule has 1 amide bonds. The maximum absolute atomic E-state index is 12.2. The van der Waals surface area contributed by atoms with E-state index in [1.54, 1.807) is 18.2 Å². The van der Waals surface area contributed by atoms with Crippen LogP contribution in [0.4, 0.5) is 0 Å². The molecule has 1 aliphatic rings. The molecule has 0 saturated carbocycles. The minimum Gasteiger partial charge on any atom is -0.376 e. The summed E-state index contributed by atoms with van der Waals surface area (Å²) < 4.78 is 37.6. The minimum atomic E-state index is -3.93. The molecule has 2 rings (SSSR count). The van der Waals surface area contributed by atoms with Crippen molar-refractivity contribution in [1.82, 2.24) is 4.72 Å². The van der Waals surface area contributed by atoms with Gasteiger partial charge in [0.05, 0.1) is 12.7 Å². The number of ether oxygens (including phenoxy) is 2. The van der Waals surface area contributed by atoms with E-state index in [2.05, 4.69) is 15.9 Å². The zero-order valence-corrected chi connectivity index (χ0v) is 14.5. The summed E-state index contributed by atoms with van der Waals surface area (Å²) in [5, 5.41) is 0. The van der Waals surface area contributed by atoms with Crippen LogP contribution < -0.4 is 4.72 Å². The van der Waals surface area contributed by atoms with Crippen molar-refractivity contribution in [3.63, 3.8) is 0 Å². The van der Waals surface area contributed by atoms with E-state index in [-0.39, 0.29) is 17.6 Å². The molecule has 22 heavy (non-hydrogen) atoms. The zero-order valence-electron chi connectivity index (χ0n) is 12.1. The summed E-state index contributed by atoms with van der Waals surface area (Å²) in [5.74, 6) is -0.700. The Hall–Kier alpha value is -0.960. The van der Waals surface area contributed by atoms with E-state index >= 15 is 0 Å². The van der Waals surface area contributed by atoms with Gasteiger partial charge in [0.2, 0.25) is 0 Å². The average molecular weight is 392 g/mol. The van der Waals surface area contributed by atoms with Crippen LogP contribution in [0.15, 0.2) is 33.6 Å². The van der Waals surface area contributed by atoms with Crippen molar-refractivity contribution >= 4 is 31.9 Å². The number of halogens is 1. The Bertz CT molecular complexity index is 628. The van der Waals surface area contributed by atoms with E-state index in [9.17, 15) is 13.2 Å². The van der Waals surface area contributed by atoms with Gasteiger partial charge in [-0.1, -0.05) is 12.1 Å². The molecular weight excluding hydrogens is 374 g/mol. The highest BCUT2D eigenvalue weighted by Gasteiger charge is 2.25. The summed E-state index contributed by atoms with van der Waals surface area (Å²) in [4.78, 5) is 12.0. The molecule has 0 radical (unpaired) electrons. The van der Waals surface area contributed by atoms with Gasteiger partial charge in [0.15, 0.2) is 0 Å². The molecule has 0 spiro atoms. The third kappa shape index (κ3) is 4.52. The van der Waals surface area contributed by atoms with Gasteiger partial charge in [-0.25, -0.2) is 13.1 Å². The zero-order chi connectivity index (χ0) is 16.2. The number of benzene rings is 1. The molecule has 0 aromatic heterocycles. The second-order valence-corrected chi connectivity index (χ2v) is 7.52. The van der Waals surface area contributed by atoms with Gasteiger partial charge in [0, 0.05) is 11.1 Å². The number of amides is 1. The highest BCUT2D eigenvalue weighted by Crippen LogP contribution is 2.21. The van der Waals surface area contributed by atoms with Gasteiger partial charge in [0.25, 0.3) is 15.9 Å². The first-order chi connectivity index (χ1) is 10.4. The Labute approximate surface area is 138 Å². The largest absolute Gasteiger partial charge is 0.376 e. The van der Waals surface area contributed by atoms with Crippen LogP contribution in [0.1, 0.15) is 19.8 Å². The summed E-state index contributed by atoms with van der Waals surface area (Å²) in [6.45, 7) is 2.49. The van der Waals surface area contributed by atoms with Crippen molar-refractivity contribution in [3.05, 3.63) is 28.7 Å². The summed E-state index contributed by atoms with van der Waals surface area (Å²) in [5.41, 5.74) is 0. The monoisotopic (exact) mass is 391 g/mol. The predicted molar refractivity (Wildman–Crippen MR) is 83.9 cm³/mol. The van der Waals surface area contributed by atoms with Crippen molar-refractivity contribution in [2.45, 2.75) is 36.9 Å². The molecular formula is C14H18BrNO5S. The Morgan fingerprint density at radius 2 is 2.23 bits per heavy atom. The van der Waals surface area contributed by atoms with Gasteiger partial charge < -0.3 is 9.47 Å². The minimum absolute atomic E-state index is 0.00896. The molecule has 1 heterocycles. The van der Waals surface area contributed by atoms with Crippen LogP contribution in [0.5, 0.6) is 0 Å². The summed E-state index contributed by atoms with van der Waals surface area (Å²) in [7, 11) is -3.93. The first-order valence-electron chi connectivity index (χ1n) is 6.94. The topological polar surface area (TPSA) is 81.7 Å². The Balaban J connectivity index is 1.93. The van der Waals surface area contributed by atoms with E-state index in [1.807, 2.05) is 4.72 Å². The normalized spacial score (nSPS) is 19.8. The Kier molecular flexibility index (Phi) is 5.96. The lowest BCUT2D eigenvalue weighted by Gasteiger charge is -2.16. The van der Waals surface area contributed by atoms with Crippen molar-refractivity contribution in [2.24, 2.45) is 0 Å². The van der Waals surface area contributed by atoms with Gasteiger partial charge in [-0.15, -0.1) is 0 Å². The van der Waals surface area contributed by atoms with Gasteiger partial charge in [-0.2, -0.15) is 0 Å². The van der Waals surface area contributed by atoms with E-state index in [1.165, 1.54) is 13.0 Å². The predicted octanol–water partition coefficient (Wildman–Crippen LogP) is 1.84. The molecule has 0 unspecified atom stereocenters.